The Hall–Kier alpha value is -3.40. The Bertz CT molecular complexity index is 1420. The first kappa shape index (κ1) is 28.1. The van der Waals surface area contributed by atoms with Crippen molar-refractivity contribution in [3.05, 3.63) is 89.0 Å². The summed E-state index contributed by atoms with van der Waals surface area (Å²) in [6, 6.07) is 20.6. The summed E-state index contributed by atoms with van der Waals surface area (Å²) in [7, 11) is -3.58. The van der Waals surface area contributed by atoms with Gasteiger partial charge in [0.1, 0.15) is 29.1 Å². The maximum Gasteiger partial charge on any atom is 0.254 e. The van der Waals surface area contributed by atoms with Gasteiger partial charge in [-0.1, -0.05) is 36.4 Å². The number of phenolic OH excluding ortho intramolecular Hbond substituents is 1. The molecular weight excluding hydrogens is 528 g/mol. The van der Waals surface area contributed by atoms with Crippen molar-refractivity contribution in [3.8, 4) is 11.5 Å². The first-order valence-corrected chi connectivity index (χ1v) is 15.6. The summed E-state index contributed by atoms with van der Waals surface area (Å²) in [5, 5.41) is 23.6. The lowest BCUT2D eigenvalue weighted by molar-refractivity contribution is 0.0751. The fourth-order valence-corrected chi connectivity index (χ4v) is 6.40. The van der Waals surface area contributed by atoms with E-state index in [1.807, 2.05) is 29.2 Å². The maximum absolute atomic E-state index is 13.0. The molecule has 1 saturated carbocycles. The third-order valence-corrected chi connectivity index (χ3v) is 9.03. The quantitative estimate of drug-likeness (QED) is 0.360. The minimum absolute atomic E-state index is 0.00487. The van der Waals surface area contributed by atoms with Crippen LogP contribution in [0.4, 0.5) is 0 Å². The molecule has 0 bridgehead atoms. The lowest BCUT2D eigenvalue weighted by Gasteiger charge is -2.30. The highest BCUT2D eigenvalue weighted by atomic mass is 32.2. The maximum atomic E-state index is 13.0. The lowest BCUT2D eigenvalue weighted by atomic mass is 9.81. The number of carbonyl (C=O) groups excluding carboxylic acids is 1. The van der Waals surface area contributed by atoms with Gasteiger partial charge in [0.25, 0.3) is 5.91 Å². The second-order valence-corrected chi connectivity index (χ2v) is 12.9. The predicted molar refractivity (Wildman–Crippen MR) is 152 cm³/mol. The molecule has 0 unspecified atom stereocenters. The molecular formula is C31H36N2O6S. The van der Waals surface area contributed by atoms with E-state index in [4.69, 9.17) is 4.74 Å². The third-order valence-electron chi connectivity index (χ3n) is 7.90. The monoisotopic (exact) mass is 564 g/mol. The number of phenols is 1. The number of aliphatic hydroxyl groups is 1. The van der Waals surface area contributed by atoms with Gasteiger partial charge < -0.3 is 25.2 Å². The predicted octanol–water partition coefficient (Wildman–Crippen LogP) is 4.01. The molecule has 8 nitrogen and oxygen atoms in total. The lowest BCUT2D eigenvalue weighted by Crippen LogP contribution is -2.39. The van der Waals surface area contributed by atoms with E-state index in [9.17, 15) is 23.4 Å². The number of amides is 1. The van der Waals surface area contributed by atoms with Gasteiger partial charge in [-0.25, -0.2) is 8.42 Å². The van der Waals surface area contributed by atoms with Crippen molar-refractivity contribution in [2.24, 2.45) is 0 Å². The van der Waals surface area contributed by atoms with E-state index < -0.39 is 15.9 Å². The molecule has 9 heteroatoms. The van der Waals surface area contributed by atoms with Crippen molar-refractivity contribution in [1.29, 1.82) is 0 Å². The number of aliphatic hydroxyl groups excluding tert-OH is 1. The largest absolute Gasteiger partial charge is 0.507 e. The van der Waals surface area contributed by atoms with Crippen LogP contribution in [-0.2, 0) is 22.9 Å². The molecule has 0 radical (unpaired) electrons. The van der Waals surface area contributed by atoms with Gasteiger partial charge in [-0.05, 0) is 72.6 Å². The average molecular weight is 565 g/mol. The number of carbonyl (C=O) groups is 1. The third kappa shape index (κ3) is 6.66. The first-order chi connectivity index (χ1) is 19.2. The van der Waals surface area contributed by atoms with Gasteiger partial charge in [-0.3, -0.25) is 4.79 Å². The summed E-state index contributed by atoms with van der Waals surface area (Å²) in [6.07, 6.45) is 4.29. The molecule has 0 saturated heterocycles. The first-order valence-electron chi connectivity index (χ1n) is 13.7. The van der Waals surface area contributed by atoms with Crippen molar-refractivity contribution >= 4 is 15.7 Å². The number of hydrogen-bond acceptors (Lipinski definition) is 7. The molecule has 5 rings (SSSR count). The molecule has 3 N–H and O–H groups in total. The number of nitrogens with zero attached hydrogens (tertiary/aromatic N) is 1. The molecule has 40 heavy (non-hydrogen) atoms. The normalized spacial score (nSPS) is 19.7. The van der Waals surface area contributed by atoms with Gasteiger partial charge >= 0.3 is 0 Å². The Labute approximate surface area is 235 Å². The van der Waals surface area contributed by atoms with Crippen LogP contribution >= 0.6 is 0 Å². The van der Waals surface area contributed by atoms with Gasteiger partial charge in [-0.15, -0.1) is 0 Å². The number of sulfone groups is 1. The van der Waals surface area contributed by atoms with Gasteiger partial charge in [-0.2, -0.15) is 0 Å². The molecule has 1 atom stereocenters. The van der Waals surface area contributed by atoms with Crippen LogP contribution in [0.15, 0.2) is 71.6 Å². The number of nitrogens with one attached hydrogen (secondary N) is 1. The van der Waals surface area contributed by atoms with Gasteiger partial charge in [0.15, 0.2) is 9.84 Å². The molecule has 1 aliphatic carbocycles. The average Bonchev–Trinajstić information content (AvgIpc) is 3.39. The molecule has 0 spiro atoms. The number of ether oxygens (including phenoxy) is 1. The summed E-state index contributed by atoms with van der Waals surface area (Å²) in [4.78, 5) is 14.7. The second-order valence-electron chi connectivity index (χ2n) is 10.9. The summed E-state index contributed by atoms with van der Waals surface area (Å²) in [6.45, 7) is 1.69. The van der Waals surface area contributed by atoms with E-state index in [1.54, 1.807) is 0 Å². The van der Waals surface area contributed by atoms with Crippen LogP contribution in [0.3, 0.4) is 0 Å². The van der Waals surface area contributed by atoms with Gasteiger partial charge in [0.05, 0.1) is 0 Å². The summed E-state index contributed by atoms with van der Waals surface area (Å²) >= 11 is 0. The second kappa shape index (κ2) is 12.0. The van der Waals surface area contributed by atoms with Crippen molar-refractivity contribution in [2.75, 3.05) is 19.4 Å². The Morgan fingerprint density at radius 2 is 1.65 bits per heavy atom. The number of fused-ring (bicyclic) bond motifs is 1. The van der Waals surface area contributed by atoms with Crippen LogP contribution in [0.5, 0.6) is 11.5 Å². The summed E-state index contributed by atoms with van der Waals surface area (Å²) in [5.74, 6) is 0.464. The van der Waals surface area contributed by atoms with E-state index in [1.165, 1.54) is 34.9 Å². The molecule has 1 heterocycles. The topological polar surface area (TPSA) is 116 Å². The van der Waals surface area contributed by atoms with Crippen LogP contribution in [0.25, 0.3) is 0 Å². The van der Waals surface area contributed by atoms with Crippen LogP contribution < -0.4 is 10.1 Å². The molecule has 3 aromatic rings. The Balaban J connectivity index is 1.05. The van der Waals surface area contributed by atoms with Crippen molar-refractivity contribution in [3.63, 3.8) is 0 Å². The highest BCUT2D eigenvalue weighted by molar-refractivity contribution is 7.90. The zero-order chi connectivity index (χ0) is 28.3. The number of rotatable bonds is 9. The standard InChI is InChI=1S/C31H36N2O6S/c1-40(37,38)30-16-28(14-15-29(30)35)39-20-27(34)17-32-26-12-10-22(11-13-26)21-6-8-23(9-7-21)31(36)33-18-24-4-2-3-5-25(24)19-33/h2-9,14-16,22,26-27,32,34-35H,10-13,17-20H2,1H3/t22-,26-,27-/m0/s1. The zero-order valence-electron chi connectivity index (χ0n) is 22.6. The molecule has 1 aliphatic heterocycles. The number of hydrogen-bond donors (Lipinski definition) is 3. The summed E-state index contributed by atoms with van der Waals surface area (Å²) < 4.78 is 29.1. The van der Waals surface area contributed by atoms with Gasteiger partial charge in [0.2, 0.25) is 0 Å². The van der Waals surface area contributed by atoms with Crippen LogP contribution in [0.2, 0.25) is 0 Å². The van der Waals surface area contributed by atoms with Crippen LogP contribution in [0, 0.1) is 0 Å². The fourth-order valence-electron chi connectivity index (χ4n) is 5.62. The highest BCUT2D eigenvalue weighted by Gasteiger charge is 2.26. The van der Waals surface area contributed by atoms with E-state index >= 15 is 0 Å². The minimum atomic E-state index is -3.58. The Morgan fingerprint density at radius 3 is 2.27 bits per heavy atom. The van der Waals surface area contributed by atoms with Crippen LogP contribution in [-0.4, -0.2) is 61.0 Å². The molecule has 2 aliphatic rings. The zero-order valence-corrected chi connectivity index (χ0v) is 23.4. The number of aromatic hydroxyl groups is 1. The minimum Gasteiger partial charge on any atom is -0.507 e. The SMILES string of the molecule is CS(=O)(=O)c1cc(OC[C@@H](O)CN[C@H]2CC[C@H](c3ccc(C(=O)N4Cc5ccccc5C4)cc3)CC2)ccc1O. The van der Waals surface area contributed by atoms with Crippen molar-refractivity contribution < 1.29 is 28.2 Å². The smallest absolute Gasteiger partial charge is 0.254 e. The summed E-state index contributed by atoms with van der Waals surface area (Å²) in [5.41, 5.74) is 4.43. The molecule has 0 aromatic heterocycles. The van der Waals surface area contributed by atoms with Gasteiger partial charge in [0, 0.05) is 43.6 Å². The van der Waals surface area contributed by atoms with E-state index in [-0.39, 0.29) is 28.9 Å². The Morgan fingerprint density at radius 1 is 1.00 bits per heavy atom. The Kier molecular flexibility index (Phi) is 8.44. The van der Waals surface area contributed by atoms with E-state index in [0.717, 1.165) is 37.5 Å². The van der Waals surface area contributed by atoms with Crippen molar-refractivity contribution in [1.82, 2.24) is 10.2 Å². The highest BCUT2D eigenvalue weighted by Crippen LogP contribution is 2.33. The fraction of sp³-hybridized carbons (Fsp3) is 0.387. The van der Waals surface area contributed by atoms with E-state index in [2.05, 4.69) is 29.6 Å². The molecule has 1 fully saturated rings. The van der Waals surface area contributed by atoms with Crippen molar-refractivity contribution in [2.45, 2.75) is 61.7 Å². The molecule has 212 valence electrons. The molecule has 1 amide bonds. The van der Waals surface area contributed by atoms with Crippen LogP contribution in [0.1, 0.15) is 58.6 Å². The number of benzene rings is 3. The molecule has 3 aromatic carbocycles. The van der Waals surface area contributed by atoms with E-state index in [0.29, 0.717) is 31.6 Å².